The number of oxime groups is 1. The third-order valence-corrected chi connectivity index (χ3v) is 9.27. The SMILES string of the molecule is O=CNc1nc(C(=NOC2CC2)C(=O)N[C@@H]2C(=O)N3C(C(=O)O)=C(CSc4nncs4)CS[C@H]23)cs1. The van der Waals surface area contributed by atoms with Gasteiger partial charge in [0.05, 0.1) is 0 Å². The molecule has 0 spiro atoms. The summed E-state index contributed by atoms with van der Waals surface area (Å²) in [5.74, 6) is -1.68. The van der Waals surface area contributed by atoms with Crippen LogP contribution in [0.2, 0.25) is 0 Å². The Hall–Kier alpha value is -3.02. The molecule has 0 bridgehead atoms. The Balaban J connectivity index is 1.30. The van der Waals surface area contributed by atoms with Crippen LogP contribution in [0.25, 0.3) is 0 Å². The van der Waals surface area contributed by atoms with E-state index in [0.717, 1.165) is 24.2 Å². The number of carboxylic acid groups (broad SMARTS) is 1. The summed E-state index contributed by atoms with van der Waals surface area (Å²) in [6, 6.07) is -0.938. The lowest BCUT2D eigenvalue weighted by molar-refractivity contribution is -0.150. The molecule has 1 saturated heterocycles. The Morgan fingerprint density at radius 3 is 2.89 bits per heavy atom. The summed E-state index contributed by atoms with van der Waals surface area (Å²) in [5.41, 5.74) is 2.17. The van der Waals surface area contributed by atoms with Crippen molar-refractivity contribution in [3.8, 4) is 0 Å². The predicted molar refractivity (Wildman–Crippen MR) is 133 cm³/mol. The fraction of sp³-hybridized carbons (Fsp3) is 0.368. The van der Waals surface area contributed by atoms with Crippen molar-refractivity contribution in [1.82, 2.24) is 25.4 Å². The van der Waals surface area contributed by atoms with E-state index < -0.39 is 29.2 Å². The number of aromatic nitrogens is 3. The van der Waals surface area contributed by atoms with Crippen LogP contribution in [0.4, 0.5) is 5.13 Å². The monoisotopic (exact) mass is 567 g/mol. The molecule has 1 saturated carbocycles. The number of carbonyl (C=O) groups is 4. The molecular weight excluding hydrogens is 551 g/mol. The number of carbonyl (C=O) groups excluding carboxylic acids is 3. The molecule has 13 nitrogen and oxygen atoms in total. The Morgan fingerprint density at radius 2 is 2.19 bits per heavy atom. The van der Waals surface area contributed by atoms with E-state index >= 15 is 0 Å². The standard InChI is InChI=1S/C19H17N7O6S4/c27-6-20-18-22-10(5-34-18)11(25-32-9-1-2-9)14(28)23-12-15(29)26-13(17(30)31)8(3-33-16(12)26)4-35-19-24-21-7-36-19/h5-7,9,12,16H,1-4H2,(H,23,28)(H,30,31)(H,20,22,27)/t12-,16-/m1/s1. The van der Waals surface area contributed by atoms with E-state index in [0.29, 0.717) is 27.8 Å². The first-order valence-electron chi connectivity index (χ1n) is 10.5. The lowest BCUT2D eigenvalue weighted by Crippen LogP contribution is -2.71. The van der Waals surface area contributed by atoms with Crippen LogP contribution in [0.3, 0.4) is 0 Å². The summed E-state index contributed by atoms with van der Waals surface area (Å²) in [6.07, 6.45) is 2.04. The van der Waals surface area contributed by atoms with Crippen molar-refractivity contribution in [3.63, 3.8) is 0 Å². The number of fused-ring (bicyclic) bond motifs is 1. The van der Waals surface area contributed by atoms with Gasteiger partial charge < -0.3 is 20.6 Å². The highest BCUT2D eigenvalue weighted by Crippen LogP contribution is 2.41. The molecule has 1 aliphatic carbocycles. The zero-order valence-corrected chi connectivity index (χ0v) is 21.4. The van der Waals surface area contributed by atoms with Crippen LogP contribution in [0.5, 0.6) is 0 Å². The van der Waals surface area contributed by atoms with Crippen LogP contribution in [0.1, 0.15) is 18.5 Å². The van der Waals surface area contributed by atoms with Crippen molar-refractivity contribution >= 4 is 81.2 Å². The number of anilines is 1. The maximum absolute atomic E-state index is 13.1. The predicted octanol–water partition coefficient (Wildman–Crippen LogP) is 0.977. The second kappa shape index (κ2) is 10.5. The Bertz CT molecular complexity index is 1260. The molecule has 2 aromatic rings. The van der Waals surface area contributed by atoms with E-state index in [4.69, 9.17) is 4.84 Å². The maximum Gasteiger partial charge on any atom is 0.352 e. The molecule has 4 heterocycles. The molecular formula is C19H17N7O6S4. The van der Waals surface area contributed by atoms with Gasteiger partial charge in [0.1, 0.15) is 34.4 Å². The molecule has 188 valence electrons. The highest BCUT2D eigenvalue weighted by Gasteiger charge is 2.54. The number of nitrogens with zero attached hydrogens (tertiary/aromatic N) is 5. The molecule has 5 rings (SSSR count). The molecule has 0 unspecified atom stereocenters. The van der Waals surface area contributed by atoms with Crippen LogP contribution in [-0.4, -0.2) is 84.1 Å². The Morgan fingerprint density at radius 1 is 1.36 bits per heavy atom. The fourth-order valence-electron chi connectivity index (χ4n) is 3.38. The average molecular weight is 568 g/mol. The zero-order chi connectivity index (χ0) is 25.2. The fourth-order valence-corrected chi connectivity index (χ4v) is 7.01. The van der Waals surface area contributed by atoms with E-state index in [2.05, 4.69) is 31.0 Å². The van der Waals surface area contributed by atoms with Crippen molar-refractivity contribution in [1.29, 1.82) is 0 Å². The third kappa shape index (κ3) is 5.09. The van der Waals surface area contributed by atoms with Gasteiger partial charge in [0.2, 0.25) is 6.41 Å². The molecule has 17 heteroatoms. The summed E-state index contributed by atoms with van der Waals surface area (Å²) >= 11 is 5.18. The van der Waals surface area contributed by atoms with E-state index in [1.807, 2.05) is 0 Å². The summed E-state index contributed by atoms with van der Waals surface area (Å²) in [7, 11) is 0. The van der Waals surface area contributed by atoms with Gasteiger partial charge in [-0.3, -0.25) is 19.3 Å². The minimum absolute atomic E-state index is 0.0682. The maximum atomic E-state index is 13.1. The van der Waals surface area contributed by atoms with E-state index in [-0.39, 0.29) is 28.3 Å². The molecule has 3 amide bonds. The largest absolute Gasteiger partial charge is 0.477 e. The molecule has 2 atom stereocenters. The first-order valence-corrected chi connectivity index (χ1v) is 14.3. The Kier molecular flexibility index (Phi) is 7.22. The zero-order valence-electron chi connectivity index (χ0n) is 18.2. The minimum atomic E-state index is -1.20. The number of rotatable bonds is 11. The second-order valence-corrected chi connectivity index (χ2v) is 11.7. The molecule has 36 heavy (non-hydrogen) atoms. The van der Waals surface area contributed by atoms with E-state index in [1.165, 1.54) is 45.1 Å². The summed E-state index contributed by atoms with van der Waals surface area (Å²) in [5, 5.41) is 27.8. The number of aliphatic carboxylic acids is 1. The molecule has 2 aliphatic heterocycles. The lowest BCUT2D eigenvalue weighted by Gasteiger charge is -2.49. The minimum Gasteiger partial charge on any atom is -0.477 e. The molecule has 3 aliphatic rings. The highest BCUT2D eigenvalue weighted by atomic mass is 32.2. The topological polar surface area (TPSA) is 176 Å². The summed E-state index contributed by atoms with van der Waals surface area (Å²) < 4.78 is 0.702. The van der Waals surface area contributed by atoms with Gasteiger partial charge in [-0.05, 0) is 18.4 Å². The van der Waals surface area contributed by atoms with Crippen LogP contribution >= 0.6 is 46.2 Å². The van der Waals surface area contributed by atoms with Gasteiger partial charge in [-0.2, -0.15) is 0 Å². The number of carboxylic acids is 1. The quantitative estimate of drug-likeness (QED) is 0.116. The first kappa shape index (κ1) is 24.7. The van der Waals surface area contributed by atoms with Gasteiger partial charge in [-0.15, -0.1) is 33.3 Å². The smallest absolute Gasteiger partial charge is 0.352 e. The number of hydrogen-bond acceptors (Lipinski definition) is 13. The third-order valence-electron chi connectivity index (χ3n) is 5.21. The summed E-state index contributed by atoms with van der Waals surface area (Å²) in [6.45, 7) is 0. The van der Waals surface area contributed by atoms with Gasteiger partial charge in [0, 0.05) is 16.9 Å². The number of thiazole rings is 1. The van der Waals surface area contributed by atoms with Gasteiger partial charge in [0.15, 0.2) is 15.2 Å². The van der Waals surface area contributed by atoms with Gasteiger partial charge in [0.25, 0.3) is 11.8 Å². The molecule has 2 aromatic heterocycles. The van der Waals surface area contributed by atoms with Gasteiger partial charge in [-0.1, -0.05) is 28.3 Å². The number of thioether (sulfide) groups is 2. The van der Waals surface area contributed by atoms with Crippen LogP contribution < -0.4 is 10.6 Å². The normalized spacial score (nSPS) is 21.5. The second-order valence-electron chi connectivity index (χ2n) is 7.66. The molecule has 0 radical (unpaired) electrons. The van der Waals surface area contributed by atoms with Crippen molar-refractivity contribution < 1.29 is 29.1 Å². The van der Waals surface area contributed by atoms with Gasteiger partial charge >= 0.3 is 5.97 Å². The van der Waals surface area contributed by atoms with Crippen molar-refractivity contribution in [2.75, 3.05) is 16.8 Å². The van der Waals surface area contributed by atoms with Crippen molar-refractivity contribution in [3.05, 3.63) is 27.9 Å². The first-order chi connectivity index (χ1) is 17.5. The van der Waals surface area contributed by atoms with Crippen LogP contribution in [0.15, 0.2) is 31.7 Å². The van der Waals surface area contributed by atoms with E-state index in [9.17, 15) is 24.3 Å². The molecule has 3 N–H and O–H groups in total. The van der Waals surface area contributed by atoms with Crippen molar-refractivity contribution in [2.45, 2.75) is 34.7 Å². The highest BCUT2D eigenvalue weighted by molar-refractivity contribution is 8.01. The number of amides is 3. The number of nitrogens with one attached hydrogen (secondary N) is 2. The van der Waals surface area contributed by atoms with Crippen LogP contribution in [0, 0.1) is 0 Å². The summed E-state index contributed by atoms with van der Waals surface area (Å²) in [4.78, 5) is 59.6. The number of hydrogen-bond donors (Lipinski definition) is 3. The lowest BCUT2D eigenvalue weighted by atomic mass is 10.0. The van der Waals surface area contributed by atoms with Crippen LogP contribution in [-0.2, 0) is 24.0 Å². The van der Waals surface area contributed by atoms with E-state index in [1.54, 1.807) is 5.51 Å². The molecule has 2 fully saturated rings. The number of β-lactam (4-membered cyclic amide) rings is 1. The Labute approximate surface area is 219 Å². The molecule has 0 aromatic carbocycles. The van der Waals surface area contributed by atoms with Crippen molar-refractivity contribution in [2.24, 2.45) is 5.16 Å². The average Bonchev–Trinajstić information content (AvgIpc) is 3.33. The van der Waals surface area contributed by atoms with Gasteiger partial charge in [-0.25, -0.2) is 9.78 Å².